The van der Waals surface area contributed by atoms with Crippen LogP contribution in [-0.2, 0) is 6.18 Å². The van der Waals surface area contributed by atoms with Crippen molar-refractivity contribution in [1.29, 1.82) is 5.26 Å². The maximum Gasteiger partial charge on any atom is 0.416 e. The van der Waals surface area contributed by atoms with Gasteiger partial charge in [0.1, 0.15) is 6.07 Å². The predicted octanol–water partition coefficient (Wildman–Crippen LogP) is 4.21. The summed E-state index contributed by atoms with van der Waals surface area (Å²) in [5.74, 6) is 0. The Balaban J connectivity index is 2.39. The molecule has 0 fully saturated rings. The molecule has 0 spiro atoms. The molecule has 6 heteroatoms. The number of aryl methyl sites for hydroxylation is 1. The highest BCUT2D eigenvalue weighted by atomic mass is 19.4. The number of nitriles is 1. The fourth-order valence-electron chi connectivity index (χ4n) is 1.89. The molecule has 0 unspecified atom stereocenters. The van der Waals surface area contributed by atoms with Crippen LogP contribution in [0.1, 0.15) is 16.7 Å². The molecule has 0 radical (unpaired) electrons. The third-order valence-corrected chi connectivity index (χ3v) is 2.99. The molecule has 0 saturated carbocycles. The van der Waals surface area contributed by atoms with Crippen LogP contribution in [0.15, 0.2) is 36.4 Å². The van der Waals surface area contributed by atoms with Gasteiger partial charge in [-0.05, 0) is 48.9 Å². The first-order chi connectivity index (χ1) is 9.81. The Morgan fingerprint density at radius 3 is 2.33 bits per heavy atom. The molecule has 0 aliphatic carbocycles. The number of anilines is 3. The monoisotopic (exact) mass is 291 g/mol. The molecular formula is C15H12F3N3. The van der Waals surface area contributed by atoms with E-state index in [2.05, 4.69) is 5.32 Å². The van der Waals surface area contributed by atoms with Crippen LogP contribution in [0.3, 0.4) is 0 Å². The second kappa shape index (κ2) is 5.37. The van der Waals surface area contributed by atoms with E-state index < -0.39 is 11.7 Å². The Morgan fingerprint density at radius 1 is 1.10 bits per heavy atom. The van der Waals surface area contributed by atoms with Gasteiger partial charge in [-0.2, -0.15) is 18.4 Å². The molecule has 0 saturated heterocycles. The lowest BCUT2D eigenvalue weighted by Crippen LogP contribution is -2.06. The van der Waals surface area contributed by atoms with Crippen molar-refractivity contribution in [2.24, 2.45) is 0 Å². The first-order valence-corrected chi connectivity index (χ1v) is 6.06. The van der Waals surface area contributed by atoms with Gasteiger partial charge in [-0.3, -0.25) is 0 Å². The van der Waals surface area contributed by atoms with E-state index in [1.165, 1.54) is 6.07 Å². The lowest BCUT2D eigenvalue weighted by Gasteiger charge is -2.13. The number of hydrogen-bond acceptors (Lipinski definition) is 3. The molecule has 108 valence electrons. The van der Waals surface area contributed by atoms with Gasteiger partial charge >= 0.3 is 6.18 Å². The fourth-order valence-corrected chi connectivity index (χ4v) is 1.89. The summed E-state index contributed by atoms with van der Waals surface area (Å²) in [5.41, 5.74) is 7.14. The van der Waals surface area contributed by atoms with E-state index in [1.807, 2.05) is 6.92 Å². The van der Waals surface area contributed by atoms with E-state index in [0.29, 0.717) is 17.1 Å². The van der Waals surface area contributed by atoms with Gasteiger partial charge in [0.25, 0.3) is 0 Å². The zero-order valence-electron chi connectivity index (χ0n) is 11.1. The molecule has 3 nitrogen and oxygen atoms in total. The van der Waals surface area contributed by atoms with Gasteiger partial charge in [0, 0.05) is 11.4 Å². The Bertz CT molecular complexity index is 715. The molecule has 3 N–H and O–H groups in total. The van der Waals surface area contributed by atoms with Gasteiger partial charge in [0.15, 0.2) is 0 Å². The van der Waals surface area contributed by atoms with Crippen LogP contribution < -0.4 is 11.1 Å². The third-order valence-electron chi connectivity index (χ3n) is 2.99. The smallest absolute Gasteiger partial charge is 0.399 e. The van der Waals surface area contributed by atoms with Crippen molar-refractivity contribution in [3.8, 4) is 6.07 Å². The molecule has 2 aromatic rings. The number of alkyl halides is 3. The molecule has 0 aromatic heterocycles. The van der Waals surface area contributed by atoms with E-state index in [9.17, 15) is 13.2 Å². The Morgan fingerprint density at radius 2 is 1.76 bits per heavy atom. The fraction of sp³-hybridized carbons (Fsp3) is 0.133. The predicted molar refractivity (Wildman–Crippen MR) is 75.0 cm³/mol. The molecular weight excluding hydrogens is 279 g/mol. The van der Waals surface area contributed by atoms with E-state index in [-0.39, 0.29) is 5.56 Å². The van der Waals surface area contributed by atoms with E-state index in [1.54, 1.807) is 24.3 Å². The van der Waals surface area contributed by atoms with E-state index >= 15 is 0 Å². The van der Waals surface area contributed by atoms with Crippen LogP contribution in [0.4, 0.5) is 30.2 Å². The SMILES string of the molecule is Cc1cc(N)ccc1Nc1ccc(C(F)(F)F)cc1C#N. The van der Waals surface area contributed by atoms with Crippen molar-refractivity contribution in [3.63, 3.8) is 0 Å². The number of nitrogens with two attached hydrogens (primary N) is 1. The minimum absolute atomic E-state index is 0.0685. The molecule has 0 aliphatic rings. The lowest BCUT2D eigenvalue weighted by atomic mass is 10.1. The largest absolute Gasteiger partial charge is 0.416 e. The van der Waals surface area contributed by atoms with Crippen molar-refractivity contribution in [1.82, 2.24) is 0 Å². The van der Waals surface area contributed by atoms with Gasteiger partial charge in [0.2, 0.25) is 0 Å². The molecule has 21 heavy (non-hydrogen) atoms. The summed E-state index contributed by atoms with van der Waals surface area (Å²) in [6, 6.07) is 9.91. The number of nitrogens with one attached hydrogen (secondary N) is 1. The van der Waals surface area contributed by atoms with Gasteiger partial charge < -0.3 is 11.1 Å². The summed E-state index contributed by atoms with van der Waals surface area (Å²) in [6.07, 6.45) is -4.47. The maximum absolute atomic E-state index is 12.6. The molecule has 0 bridgehead atoms. The number of nitrogen functional groups attached to an aromatic ring is 1. The average molecular weight is 291 g/mol. The average Bonchev–Trinajstić information content (AvgIpc) is 2.41. The molecule has 0 heterocycles. The quantitative estimate of drug-likeness (QED) is 0.815. The Hall–Kier alpha value is -2.68. The normalized spacial score (nSPS) is 11.0. The first kappa shape index (κ1) is 14.7. The van der Waals surface area contributed by atoms with Gasteiger partial charge in [-0.15, -0.1) is 0 Å². The molecule has 2 rings (SSSR count). The van der Waals surface area contributed by atoms with E-state index in [4.69, 9.17) is 11.0 Å². The molecule has 0 aliphatic heterocycles. The maximum atomic E-state index is 12.6. The van der Waals surface area contributed by atoms with Crippen molar-refractivity contribution >= 4 is 17.1 Å². The topological polar surface area (TPSA) is 61.8 Å². The summed E-state index contributed by atoms with van der Waals surface area (Å²) in [7, 11) is 0. The summed E-state index contributed by atoms with van der Waals surface area (Å²) >= 11 is 0. The lowest BCUT2D eigenvalue weighted by molar-refractivity contribution is -0.137. The first-order valence-electron chi connectivity index (χ1n) is 6.06. The number of hydrogen-bond donors (Lipinski definition) is 2. The molecule has 0 atom stereocenters. The molecule has 0 amide bonds. The van der Waals surface area contributed by atoms with Crippen LogP contribution in [0.2, 0.25) is 0 Å². The number of benzene rings is 2. The summed E-state index contributed by atoms with van der Waals surface area (Å²) in [5, 5.41) is 12.0. The highest BCUT2D eigenvalue weighted by Gasteiger charge is 2.31. The summed E-state index contributed by atoms with van der Waals surface area (Å²) < 4.78 is 37.9. The van der Waals surface area contributed by atoms with Crippen LogP contribution in [0.25, 0.3) is 0 Å². The second-order valence-electron chi connectivity index (χ2n) is 4.57. The Labute approximate surface area is 119 Å². The van der Waals surface area contributed by atoms with Crippen molar-refractivity contribution in [2.75, 3.05) is 11.1 Å². The van der Waals surface area contributed by atoms with Crippen molar-refractivity contribution < 1.29 is 13.2 Å². The van der Waals surface area contributed by atoms with Crippen LogP contribution >= 0.6 is 0 Å². The Kier molecular flexibility index (Phi) is 3.76. The zero-order chi connectivity index (χ0) is 15.6. The van der Waals surface area contributed by atoms with Gasteiger partial charge in [-0.25, -0.2) is 0 Å². The van der Waals surface area contributed by atoms with Crippen molar-refractivity contribution in [2.45, 2.75) is 13.1 Å². The van der Waals surface area contributed by atoms with E-state index in [0.717, 1.165) is 17.7 Å². The zero-order valence-corrected chi connectivity index (χ0v) is 11.1. The van der Waals surface area contributed by atoms with Gasteiger partial charge in [0.05, 0.1) is 16.8 Å². The van der Waals surface area contributed by atoms with Crippen LogP contribution in [0, 0.1) is 18.3 Å². The summed E-state index contributed by atoms with van der Waals surface area (Å²) in [6.45, 7) is 1.81. The third kappa shape index (κ3) is 3.26. The van der Waals surface area contributed by atoms with Crippen LogP contribution in [-0.4, -0.2) is 0 Å². The van der Waals surface area contributed by atoms with Crippen LogP contribution in [0.5, 0.6) is 0 Å². The standard InChI is InChI=1S/C15H12F3N3/c1-9-6-12(20)3-5-13(9)21-14-4-2-11(15(16,17)18)7-10(14)8-19/h2-7,21H,20H2,1H3. The minimum Gasteiger partial charge on any atom is -0.399 e. The second-order valence-corrected chi connectivity index (χ2v) is 4.57. The highest BCUT2D eigenvalue weighted by molar-refractivity contribution is 5.70. The molecule has 2 aromatic carbocycles. The summed E-state index contributed by atoms with van der Waals surface area (Å²) in [4.78, 5) is 0. The number of nitrogens with zero attached hydrogens (tertiary/aromatic N) is 1. The number of halogens is 3. The minimum atomic E-state index is -4.47. The van der Waals surface area contributed by atoms with Crippen molar-refractivity contribution in [3.05, 3.63) is 53.1 Å². The number of rotatable bonds is 2. The highest BCUT2D eigenvalue weighted by Crippen LogP contribution is 2.33. The van der Waals surface area contributed by atoms with Gasteiger partial charge in [-0.1, -0.05) is 0 Å².